The predicted molar refractivity (Wildman–Crippen MR) is 95.4 cm³/mol. The Morgan fingerprint density at radius 2 is 2.00 bits per heavy atom. The van der Waals surface area contributed by atoms with E-state index < -0.39 is 0 Å². The first-order valence-corrected chi connectivity index (χ1v) is 9.22. The summed E-state index contributed by atoms with van der Waals surface area (Å²) in [5.41, 5.74) is 0.457. The third-order valence-electron chi connectivity index (χ3n) is 4.89. The number of hydrogen-bond acceptors (Lipinski definition) is 2. The molecule has 0 aromatic carbocycles. The van der Waals surface area contributed by atoms with Crippen LogP contribution in [-0.2, 0) is 4.74 Å². The quantitative estimate of drug-likeness (QED) is 0.329. The largest absolute Gasteiger partial charge is 0.382 e. The molecule has 0 heterocycles. The number of hydrogen-bond donors (Lipinski definition) is 2. The zero-order valence-corrected chi connectivity index (χ0v) is 15.2. The van der Waals surface area contributed by atoms with Crippen molar-refractivity contribution in [2.45, 2.75) is 65.7 Å². The summed E-state index contributed by atoms with van der Waals surface area (Å²) in [6.07, 6.45) is 8.96. The lowest BCUT2D eigenvalue weighted by Crippen LogP contribution is -2.42. The summed E-state index contributed by atoms with van der Waals surface area (Å²) in [5, 5.41) is 7.02. The lowest BCUT2D eigenvalue weighted by molar-refractivity contribution is 0.128. The van der Waals surface area contributed by atoms with Crippen LogP contribution in [0, 0.1) is 11.3 Å². The van der Waals surface area contributed by atoms with Gasteiger partial charge in [0, 0.05) is 33.4 Å². The zero-order valence-electron chi connectivity index (χ0n) is 15.2. The van der Waals surface area contributed by atoms with Crippen LogP contribution in [0.5, 0.6) is 0 Å². The van der Waals surface area contributed by atoms with Gasteiger partial charge in [-0.05, 0) is 43.9 Å². The highest BCUT2D eigenvalue weighted by Crippen LogP contribution is 2.48. The highest BCUT2D eigenvalue weighted by atomic mass is 16.5. The number of unbranched alkanes of at least 4 members (excludes halogenated alkanes) is 1. The molecule has 4 heteroatoms. The fourth-order valence-electron chi connectivity index (χ4n) is 2.80. The summed E-state index contributed by atoms with van der Waals surface area (Å²) in [6, 6.07) is 0. The van der Waals surface area contributed by atoms with Crippen LogP contribution < -0.4 is 10.6 Å². The van der Waals surface area contributed by atoms with Crippen molar-refractivity contribution in [3.8, 4) is 0 Å². The minimum atomic E-state index is 0.457. The second kappa shape index (κ2) is 10.9. The summed E-state index contributed by atoms with van der Waals surface area (Å²) in [5.74, 6) is 1.71. The van der Waals surface area contributed by atoms with Gasteiger partial charge in [-0.25, -0.2) is 0 Å². The molecule has 1 aliphatic rings. The SMILES string of the molecule is CCCCC(CC)CNC(=NC)NCC1(CCOCC)CC1. The third kappa shape index (κ3) is 7.48. The van der Waals surface area contributed by atoms with Gasteiger partial charge in [0.15, 0.2) is 5.96 Å². The molecule has 130 valence electrons. The first-order valence-electron chi connectivity index (χ1n) is 9.22. The van der Waals surface area contributed by atoms with Crippen molar-refractivity contribution in [3.63, 3.8) is 0 Å². The van der Waals surface area contributed by atoms with Crippen LogP contribution >= 0.6 is 0 Å². The maximum atomic E-state index is 5.50. The van der Waals surface area contributed by atoms with Gasteiger partial charge in [-0.3, -0.25) is 4.99 Å². The monoisotopic (exact) mass is 311 g/mol. The van der Waals surface area contributed by atoms with Crippen molar-refractivity contribution in [2.24, 2.45) is 16.3 Å². The Bertz CT molecular complexity index is 313. The van der Waals surface area contributed by atoms with Crippen LogP contribution in [0.15, 0.2) is 4.99 Å². The number of nitrogens with zero attached hydrogens (tertiary/aromatic N) is 1. The summed E-state index contributed by atoms with van der Waals surface area (Å²) < 4.78 is 5.50. The molecule has 1 fully saturated rings. The molecule has 1 aliphatic carbocycles. The van der Waals surface area contributed by atoms with Gasteiger partial charge in [0.05, 0.1) is 0 Å². The maximum Gasteiger partial charge on any atom is 0.191 e. The van der Waals surface area contributed by atoms with Gasteiger partial charge >= 0.3 is 0 Å². The van der Waals surface area contributed by atoms with E-state index in [0.717, 1.165) is 38.2 Å². The van der Waals surface area contributed by atoms with Crippen molar-refractivity contribution in [2.75, 3.05) is 33.4 Å². The Kier molecular flexibility index (Phi) is 9.53. The van der Waals surface area contributed by atoms with Crippen molar-refractivity contribution in [1.29, 1.82) is 0 Å². The molecule has 0 amide bonds. The van der Waals surface area contributed by atoms with Gasteiger partial charge in [0.1, 0.15) is 0 Å². The number of guanidine groups is 1. The van der Waals surface area contributed by atoms with Gasteiger partial charge < -0.3 is 15.4 Å². The topological polar surface area (TPSA) is 45.7 Å². The van der Waals surface area contributed by atoms with E-state index in [9.17, 15) is 0 Å². The molecule has 22 heavy (non-hydrogen) atoms. The van der Waals surface area contributed by atoms with E-state index in [0.29, 0.717) is 5.41 Å². The average molecular weight is 312 g/mol. The molecule has 0 radical (unpaired) electrons. The average Bonchev–Trinajstić information content (AvgIpc) is 3.30. The number of rotatable bonds is 12. The van der Waals surface area contributed by atoms with Crippen LogP contribution in [0.1, 0.15) is 65.7 Å². The first-order chi connectivity index (χ1) is 10.7. The minimum absolute atomic E-state index is 0.457. The highest BCUT2D eigenvalue weighted by Gasteiger charge is 2.41. The van der Waals surface area contributed by atoms with Gasteiger partial charge in [-0.1, -0.05) is 33.1 Å². The minimum Gasteiger partial charge on any atom is -0.382 e. The van der Waals surface area contributed by atoms with E-state index >= 15 is 0 Å². The summed E-state index contributed by atoms with van der Waals surface area (Å²) in [7, 11) is 1.86. The third-order valence-corrected chi connectivity index (χ3v) is 4.89. The first kappa shape index (κ1) is 19.3. The van der Waals surface area contributed by atoms with E-state index in [2.05, 4.69) is 36.4 Å². The highest BCUT2D eigenvalue weighted by molar-refractivity contribution is 5.79. The van der Waals surface area contributed by atoms with Crippen molar-refractivity contribution in [3.05, 3.63) is 0 Å². The summed E-state index contributed by atoms with van der Waals surface area (Å²) >= 11 is 0. The maximum absolute atomic E-state index is 5.50. The Labute approximate surface area is 137 Å². The molecule has 0 aromatic rings. The molecule has 0 spiro atoms. The number of ether oxygens (including phenoxy) is 1. The standard InChI is InChI=1S/C18H37N3O/c1-5-8-9-16(6-2)14-20-17(19-4)21-15-18(10-11-18)12-13-22-7-3/h16H,5-15H2,1-4H3,(H2,19,20,21). The molecule has 1 unspecified atom stereocenters. The van der Waals surface area contributed by atoms with E-state index in [4.69, 9.17) is 4.74 Å². The van der Waals surface area contributed by atoms with E-state index in [1.165, 1.54) is 44.9 Å². The molecule has 0 aliphatic heterocycles. The van der Waals surface area contributed by atoms with Crippen molar-refractivity contribution < 1.29 is 4.74 Å². The second-order valence-electron chi connectivity index (χ2n) is 6.67. The van der Waals surface area contributed by atoms with Crippen molar-refractivity contribution in [1.82, 2.24) is 10.6 Å². The van der Waals surface area contributed by atoms with Gasteiger partial charge in [0.2, 0.25) is 0 Å². The lowest BCUT2D eigenvalue weighted by atomic mass is 9.99. The van der Waals surface area contributed by atoms with E-state index in [1.807, 2.05) is 7.05 Å². The molecule has 0 aromatic heterocycles. The molecule has 2 N–H and O–H groups in total. The lowest BCUT2D eigenvalue weighted by Gasteiger charge is -2.21. The zero-order chi connectivity index (χ0) is 16.3. The van der Waals surface area contributed by atoms with Crippen LogP contribution in [0.2, 0.25) is 0 Å². The van der Waals surface area contributed by atoms with Crippen LogP contribution in [0.25, 0.3) is 0 Å². The van der Waals surface area contributed by atoms with E-state index in [1.54, 1.807) is 0 Å². The van der Waals surface area contributed by atoms with Crippen LogP contribution in [0.4, 0.5) is 0 Å². The fraction of sp³-hybridized carbons (Fsp3) is 0.944. The smallest absolute Gasteiger partial charge is 0.191 e. The Morgan fingerprint density at radius 1 is 1.23 bits per heavy atom. The molecule has 1 atom stereocenters. The Hall–Kier alpha value is -0.770. The second-order valence-corrected chi connectivity index (χ2v) is 6.67. The number of aliphatic imine (C=N–C) groups is 1. The van der Waals surface area contributed by atoms with E-state index in [-0.39, 0.29) is 0 Å². The van der Waals surface area contributed by atoms with Crippen molar-refractivity contribution >= 4 is 5.96 Å². The molecule has 4 nitrogen and oxygen atoms in total. The molecule has 1 saturated carbocycles. The van der Waals surface area contributed by atoms with Crippen LogP contribution in [-0.4, -0.2) is 39.3 Å². The molecule has 0 bridgehead atoms. The Balaban J connectivity index is 2.24. The predicted octanol–water partition coefficient (Wildman–Crippen LogP) is 3.57. The Morgan fingerprint density at radius 3 is 2.55 bits per heavy atom. The normalized spacial score (nSPS) is 18.1. The summed E-state index contributed by atoms with van der Waals surface area (Å²) in [6.45, 7) is 10.4. The molecular weight excluding hydrogens is 274 g/mol. The molecule has 1 rings (SSSR count). The molecule has 0 saturated heterocycles. The van der Waals surface area contributed by atoms with Gasteiger partial charge in [-0.15, -0.1) is 0 Å². The fourth-order valence-corrected chi connectivity index (χ4v) is 2.80. The van der Waals surface area contributed by atoms with Gasteiger partial charge in [-0.2, -0.15) is 0 Å². The number of nitrogens with one attached hydrogen (secondary N) is 2. The van der Waals surface area contributed by atoms with Gasteiger partial charge in [0.25, 0.3) is 0 Å². The van der Waals surface area contributed by atoms with Crippen LogP contribution in [0.3, 0.4) is 0 Å². The molecular formula is C18H37N3O. The summed E-state index contributed by atoms with van der Waals surface area (Å²) in [4.78, 5) is 4.37.